The van der Waals surface area contributed by atoms with E-state index in [0.717, 1.165) is 19.3 Å². The summed E-state index contributed by atoms with van der Waals surface area (Å²) in [5, 5.41) is 0.744. The summed E-state index contributed by atoms with van der Waals surface area (Å²) in [6.07, 6.45) is 2.87. The van der Waals surface area contributed by atoms with Crippen molar-refractivity contribution in [3.63, 3.8) is 0 Å². The van der Waals surface area contributed by atoms with E-state index in [1.807, 2.05) is 0 Å². The van der Waals surface area contributed by atoms with Crippen LogP contribution in [0.15, 0.2) is 12.1 Å². The van der Waals surface area contributed by atoms with Crippen molar-refractivity contribution in [2.45, 2.75) is 46.1 Å². The molecule has 1 fully saturated rings. The summed E-state index contributed by atoms with van der Waals surface area (Å²) < 4.78 is 15.8. The van der Waals surface area contributed by atoms with E-state index < -0.39 is 25.2 Å². The zero-order valence-electron chi connectivity index (χ0n) is 16.2. The number of halogens is 3. The molecule has 0 heterocycles. The highest BCUT2D eigenvalue weighted by molar-refractivity contribution is 6.43. The number of esters is 2. The van der Waals surface area contributed by atoms with E-state index in [-0.39, 0.29) is 26.9 Å². The van der Waals surface area contributed by atoms with Crippen LogP contribution in [0.4, 0.5) is 0 Å². The SMILES string of the molecule is CC1CCC(C(C)C)C(OC(=O)COC(=O)COc2cc(Cl)c(Cl)cc2Cl)C1. The smallest absolute Gasteiger partial charge is 0.344 e. The van der Waals surface area contributed by atoms with Crippen LogP contribution < -0.4 is 4.74 Å². The molecule has 1 saturated carbocycles. The van der Waals surface area contributed by atoms with Crippen LogP contribution in [0.2, 0.25) is 15.1 Å². The van der Waals surface area contributed by atoms with Gasteiger partial charge in [-0.15, -0.1) is 0 Å². The molecule has 1 aromatic rings. The minimum atomic E-state index is -0.712. The van der Waals surface area contributed by atoms with Gasteiger partial charge in [0.2, 0.25) is 0 Å². The minimum Gasteiger partial charge on any atom is -0.480 e. The predicted octanol–water partition coefficient (Wildman–Crippen LogP) is 5.57. The highest BCUT2D eigenvalue weighted by Crippen LogP contribution is 2.35. The summed E-state index contributed by atoms with van der Waals surface area (Å²) in [5.74, 6) is 0.210. The van der Waals surface area contributed by atoms with Crippen molar-refractivity contribution < 1.29 is 23.8 Å². The first-order valence-corrected chi connectivity index (χ1v) is 10.4. The lowest BCUT2D eigenvalue weighted by Gasteiger charge is -2.36. The second kappa shape index (κ2) is 10.6. The normalized spacial score (nSPS) is 22.0. The van der Waals surface area contributed by atoms with Gasteiger partial charge in [0, 0.05) is 6.07 Å². The standard InChI is InChI=1S/C20H25Cl3O5/c1-11(2)13-5-4-12(3)6-17(13)28-20(25)10-27-19(24)9-26-18-8-15(22)14(21)7-16(18)23/h7-8,11-13,17H,4-6,9-10H2,1-3H3. The summed E-state index contributed by atoms with van der Waals surface area (Å²) >= 11 is 17.7. The molecule has 0 saturated heterocycles. The van der Waals surface area contributed by atoms with Crippen molar-refractivity contribution in [2.24, 2.45) is 17.8 Å². The van der Waals surface area contributed by atoms with Gasteiger partial charge >= 0.3 is 11.9 Å². The third-order valence-corrected chi connectivity index (χ3v) is 5.93. The molecule has 8 heteroatoms. The molecule has 0 aliphatic heterocycles. The van der Waals surface area contributed by atoms with Crippen LogP contribution in [-0.4, -0.2) is 31.3 Å². The lowest BCUT2D eigenvalue weighted by atomic mass is 9.75. The van der Waals surface area contributed by atoms with Crippen LogP contribution in [0.25, 0.3) is 0 Å². The van der Waals surface area contributed by atoms with Gasteiger partial charge in [0.25, 0.3) is 0 Å². The van der Waals surface area contributed by atoms with E-state index in [4.69, 9.17) is 49.0 Å². The number of hydrogen-bond acceptors (Lipinski definition) is 5. The van der Waals surface area contributed by atoms with Crippen molar-refractivity contribution >= 4 is 46.7 Å². The highest BCUT2D eigenvalue weighted by Gasteiger charge is 2.33. The van der Waals surface area contributed by atoms with E-state index in [2.05, 4.69) is 20.8 Å². The molecule has 2 rings (SSSR count). The first kappa shape index (κ1) is 23.1. The first-order valence-electron chi connectivity index (χ1n) is 9.29. The van der Waals surface area contributed by atoms with Crippen LogP contribution in [0.3, 0.4) is 0 Å². The van der Waals surface area contributed by atoms with Crippen molar-refractivity contribution in [3.05, 3.63) is 27.2 Å². The number of hydrogen-bond donors (Lipinski definition) is 0. The lowest BCUT2D eigenvalue weighted by Crippen LogP contribution is -2.37. The average molecular weight is 452 g/mol. The van der Waals surface area contributed by atoms with Crippen molar-refractivity contribution in [1.82, 2.24) is 0 Å². The third kappa shape index (κ3) is 6.71. The Morgan fingerprint density at radius 3 is 2.39 bits per heavy atom. The van der Waals surface area contributed by atoms with Gasteiger partial charge in [0.1, 0.15) is 11.9 Å². The molecule has 0 amide bonds. The van der Waals surface area contributed by atoms with Crippen molar-refractivity contribution in [3.8, 4) is 5.75 Å². The quantitative estimate of drug-likeness (QED) is 0.400. The lowest BCUT2D eigenvalue weighted by molar-refractivity contribution is -0.167. The Labute approximate surface area is 180 Å². The third-order valence-electron chi connectivity index (χ3n) is 4.92. The summed E-state index contributed by atoms with van der Waals surface area (Å²) in [7, 11) is 0. The fourth-order valence-corrected chi connectivity index (χ4v) is 3.98. The summed E-state index contributed by atoms with van der Waals surface area (Å²) in [6, 6.07) is 2.82. The van der Waals surface area contributed by atoms with Gasteiger partial charge in [0.05, 0.1) is 15.1 Å². The molecule has 28 heavy (non-hydrogen) atoms. The summed E-state index contributed by atoms with van der Waals surface area (Å²) in [4.78, 5) is 24.0. The second-order valence-electron chi connectivity index (χ2n) is 7.50. The Morgan fingerprint density at radius 2 is 1.71 bits per heavy atom. The molecular formula is C20H25Cl3O5. The first-order chi connectivity index (χ1) is 13.2. The highest BCUT2D eigenvalue weighted by atomic mass is 35.5. The zero-order chi connectivity index (χ0) is 20.8. The summed E-state index contributed by atoms with van der Waals surface area (Å²) in [5.41, 5.74) is 0. The Hall–Kier alpha value is -1.17. The molecule has 0 spiro atoms. The number of rotatable bonds is 7. The Balaban J connectivity index is 1.79. The van der Waals surface area contributed by atoms with E-state index in [0.29, 0.717) is 17.8 Å². The van der Waals surface area contributed by atoms with Gasteiger partial charge in [-0.05, 0) is 36.7 Å². The largest absolute Gasteiger partial charge is 0.480 e. The van der Waals surface area contributed by atoms with E-state index in [9.17, 15) is 9.59 Å². The van der Waals surface area contributed by atoms with Gasteiger partial charge in [0.15, 0.2) is 13.2 Å². The van der Waals surface area contributed by atoms with Crippen LogP contribution in [0.5, 0.6) is 5.75 Å². The van der Waals surface area contributed by atoms with Gasteiger partial charge in [-0.2, -0.15) is 0 Å². The fraction of sp³-hybridized carbons (Fsp3) is 0.600. The summed E-state index contributed by atoms with van der Waals surface area (Å²) in [6.45, 7) is 5.55. The molecule has 1 aromatic carbocycles. The molecule has 3 atom stereocenters. The van der Waals surface area contributed by atoms with Gasteiger partial charge in [-0.3, -0.25) is 0 Å². The second-order valence-corrected chi connectivity index (χ2v) is 8.72. The fourth-order valence-electron chi connectivity index (χ4n) is 3.39. The minimum absolute atomic E-state index is 0.138. The maximum Gasteiger partial charge on any atom is 0.344 e. The van der Waals surface area contributed by atoms with Gasteiger partial charge in [-0.25, -0.2) is 9.59 Å². The monoisotopic (exact) mass is 450 g/mol. The van der Waals surface area contributed by atoms with Gasteiger partial charge < -0.3 is 14.2 Å². The maximum absolute atomic E-state index is 12.1. The molecule has 0 bridgehead atoms. The molecule has 1 aliphatic carbocycles. The van der Waals surface area contributed by atoms with E-state index in [1.54, 1.807) is 0 Å². The molecule has 156 valence electrons. The van der Waals surface area contributed by atoms with Crippen molar-refractivity contribution in [1.29, 1.82) is 0 Å². The number of ether oxygens (including phenoxy) is 3. The molecule has 5 nitrogen and oxygen atoms in total. The molecule has 1 aliphatic rings. The van der Waals surface area contributed by atoms with Gasteiger partial charge in [-0.1, -0.05) is 62.0 Å². The Morgan fingerprint density at radius 1 is 1.04 bits per heavy atom. The molecular weight excluding hydrogens is 427 g/mol. The predicted molar refractivity (Wildman–Crippen MR) is 109 cm³/mol. The molecule has 0 N–H and O–H groups in total. The zero-order valence-corrected chi connectivity index (χ0v) is 18.4. The molecule has 0 radical (unpaired) electrons. The van der Waals surface area contributed by atoms with Crippen LogP contribution in [0, 0.1) is 17.8 Å². The number of benzene rings is 1. The van der Waals surface area contributed by atoms with Crippen LogP contribution in [0.1, 0.15) is 40.0 Å². The average Bonchev–Trinajstić information content (AvgIpc) is 2.61. The molecule has 3 unspecified atom stereocenters. The number of carbonyl (C=O) groups excluding carboxylic acids is 2. The number of carbonyl (C=O) groups is 2. The van der Waals surface area contributed by atoms with E-state index >= 15 is 0 Å². The van der Waals surface area contributed by atoms with E-state index in [1.165, 1.54) is 12.1 Å². The Bertz CT molecular complexity index is 707. The van der Waals surface area contributed by atoms with Crippen LogP contribution >= 0.6 is 34.8 Å². The topological polar surface area (TPSA) is 61.8 Å². The van der Waals surface area contributed by atoms with Crippen molar-refractivity contribution in [2.75, 3.05) is 13.2 Å². The van der Waals surface area contributed by atoms with Crippen LogP contribution in [-0.2, 0) is 19.1 Å². The Kier molecular flexibility index (Phi) is 8.72. The molecule has 0 aromatic heterocycles. The maximum atomic E-state index is 12.1.